The molecule has 2 rings (SSSR count). The number of nitrogens with zero attached hydrogens (tertiary/aromatic N) is 1. The summed E-state index contributed by atoms with van der Waals surface area (Å²) in [5.41, 5.74) is 0.836. The van der Waals surface area contributed by atoms with Gasteiger partial charge in [0.15, 0.2) is 0 Å². The Morgan fingerprint density at radius 2 is 1.95 bits per heavy atom. The maximum absolute atomic E-state index is 11.9. The number of rotatable bonds is 4. The number of piperidine rings is 1. The third kappa shape index (κ3) is 4.56. The Morgan fingerprint density at radius 3 is 2.58 bits per heavy atom. The molecule has 0 aliphatic carbocycles. The molecule has 1 aromatic carbocycles. The number of amides is 2. The molecule has 0 unspecified atom stereocenters. The second-order valence-corrected chi connectivity index (χ2v) is 5.08. The van der Waals surface area contributed by atoms with Gasteiger partial charge < -0.3 is 15.5 Å². The lowest BCUT2D eigenvalue weighted by Gasteiger charge is -2.32. The minimum atomic E-state index is -0.0971. The van der Waals surface area contributed by atoms with E-state index in [0.29, 0.717) is 6.04 Å². The van der Waals surface area contributed by atoms with Crippen molar-refractivity contribution in [3.8, 4) is 0 Å². The summed E-state index contributed by atoms with van der Waals surface area (Å²) in [7, 11) is 0. The smallest absolute Gasteiger partial charge is 0.319 e. The van der Waals surface area contributed by atoms with Crippen LogP contribution in [0.3, 0.4) is 0 Å². The first-order valence-corrected chi connectivity index (χ1v) is 7.13. The number of carbonyl (C=O) groups excluding carboxylic acids is 1. The molecule has 0 aromatic heterocycles. The van der Waals surface area contributed by atoms with Crippen LogP contribution < -0.4 is 10.6 Å². The van der Waals surface area contributed by atoms with Crippen LogP contribution in [0.1, 0.15) is 26.2 Å². The van der Waals surface area contributed by atoms with Crippen molar-refractivity contribution in [1.82, 2.24) is 10.2 Å². The molecule has 4 heteroatoms. The first kappa shape index (κ1) is 13.9. The fourth-order valence-corrected chi connectivity index (χ4v) is 2.49. The zero-order chi connectivity index (χ0) is 13.5. The van der Waals surface area contributed by atoms with E-state index >= 15 is 0 Å². The largest absolute Gasteiger partial charge is 0.335 e. The molecule has 1 aliphatic heterocycles. The van der Waals surface area contributed by atoms with Crippen molar-refractivity contribution >= 4 is 11.7 Å². The van der Waals surface area contributed by atoms with Crippen LogP contribution in [-0.2, 0) is 0 Å². The van der Waals surface area contributed by atoms with Gasteiger partial charge in [-0.15, -0.1) is 0 Å². The minimum Gasteiger partial charge on any atom is -0.335 e. The van der Waals surface area contributed by atoms with E-state index in [1.165, 1.54) is 13.0 Å². The Bertz CT molecular complexity index is 386. The summed E-state index contributed by atoms with van der Waals surface area (Å²) >= 11 is 0. The molecule has 0 atom stereocenters. The molecule has 1 saturated heterocycles. The molecular formula is C15H23N3O. The predicted octanol–water partition coefficient (Wildman–Crippen LogP) is 2.68. The van der Waals surface area contributed by atoms with Crippen LogP contribution in [0.4, 0.5) is 10.5 Å². The molecule has 2 amide bonds. The van der Waals surface area contributed by atoms with Gasteiger partial charge in [0.25, 0.3) is 0 Å². The number of urea groups is 1. The molecule has 4 nitrogen and oxygen atoms in total. The Labute approximate surface area is 115 Å². The Morgan fingerprint density at radius 1 is 1.26 bits per heavy atom. The van der Waals surface area contributed by atoms with Crippen LogP contribution in [0.5, 0.6) is 0 Å². The molecule has 0 saturated carbocycles. The van der Waals surface area contributed by atoms with E-state index in [1.54, 1.807) is 0 Å². The number of anilines is 1. The standard InChI is InChI=1S/C15H23N3O/c1-2-10-18-11-8-14(9-12-18)17-15(19)16-13-6-4-3-5-7-13/h3-7,14H,2,8-12H2,1H3,(H2,16,17,19). The monoisotopic (exact) mass is 261 g/mol. The third-order valence-corrected chi connectivity index (χ3v) is 3.49. The molecule has 1 heterocycles. The zero-order valence-electron chi connectivity index (χ0n) is 11.6. The van der Waals surface area contributed by atoms with Gasteiger partial charge in [0.2, 0.25) is 0 Å². The lowest BCUT2D eigenvalue weighted by molar-refractivity contribution is 0.196. The van der Waals surface area contributed by atoms with Gasteiger partial charge in [-0.3, -0.25) is 0 Å². The van der Waals surface area contributed by atoms with Crippen LogP contribution >= 0.6 is 0 Å². The zero-order valence-corrected chi connectivity index (χ0v) is 11.6. The van der Waals surface area contributed by atoms with Crippen LogP contribution in [0.25, 0.3) is 0 Å². The van der Waals surface area contributed by atoms with Crippen molar-refractivity contribution in [3.63, 3.8) is 0 Å². The highest BCUT2D eigenvalue weighted by Crippen LogP contribution is 2.11. The maximum atomic E-state index is 11.9. The first-order valence-electron chi connectivity index (χ1n) is 7.13. The normalized spacial score (nSPS) is 17.1. The number of benzene rings is 1. The van der Waals surface area contributed by atoms with Gasteiger partial charge in [-0.1, -0.05) is 25.1 Å². The molecule has 1 aliphatic rings. The number of nitrogens with one attached hydrogen (secondary N) is 2. The van der Waals surface area contributed by atoms with E-state index in [1.807, 2.05) is 30.3 Å². The van der Waals surface area contributed by atoms with Crippen molar-refractivity contribution in [1.29, 1.82) is 0 Å². The summed E-state index contributed by atoms with van der Waals surface area (Å²) in [5.74, 6) is 0. The SMILES string of the molecule is CCCN1CCC(NC(=O)Nc2ccccc2)CC1. The second-order valence-electron chi connectivity index (χ2n) is 5.08. The molecule has 0 bridgehead atoms. The number of para-hydroxylation sites is 1. The van der Waals surface area contributed by atoms with E-state index in [0.717, 1.165) is 31.6 Å². The van der Waals surface area contributed by atoms with Crippen molar-refractivity contribution in [2.45, 2.75) is 32.2 Å². The summed E-state index contributed by atoms with van der Waals surface area (Å²) in [5, 5.41) is 5.92. The third-order valence-electron chi connectivity index (χ3n) is 3.49. The average Bonchev–Trinajstić information content (AvgIpc) is 2.42. The van der Waals surface area contributed by atoms with Gasteiger partial charge in [0.1, 0.15) is 0 Å². The van der Waals surface area contributed by atoms with Gasteiger partial charge in [-0.05, 0) is 37.9 Å². The predicted molar refractivity (Wildman–Crippen MR) is 78.3 cm³/mol. The van der Waals surface area contributed by atoms with Crippen LogP contribution in [0, 0.1) is 0 Å². The molecule has 0 radical (unpaired) electrons. The van der Waals surface area contributed by atoms with Crippen LogP contribution in [0.2, 0.25) is 0 Å². The van der Waals surface area contributed by atoms with Crippen molar-refractivity contribution in [3.05, 3.63) is 30.3 Å². The number of hydrogen-bond acceptors (Lipinski definition) is 2. The number of carbonyl (C=O) groups is 1. The van der Waals surface area contributed by atoms with E-state index in [-0.39, 0.29) is 6.03 Å². The molecule has 19 heavy (non-hydrogen) atoms. The van der Waals surface area contributed by atoms with Crippen molar-refractivity contribution < 1.29 is 4.79 Å². The number of hydrogen-bond donors (Lipinski definition) is 2. The second kappa shape index (κ2) is 7.14. The average molecular weight is 261 g/mol. The fourth-order valence-electron chi connectivity index (χ4n) is 2.49. The number of likely N-dealkylation sites (tertiary alicyclic amines) is 1. The Kier molecular flexibility index (Phi) is 5.21. The first-order chi connectivity index (χ1) is 9.28. The van der Waals surface area contributed by atoms with E-state index in [4.69, 9.17) is 0 Å². The van der Waals surface area contributed by atoms with E-state index < -0.39 is 0 Å². The lowest BCUT2D eigenvalue weighted by atomic mass is 10.1. The molecule has 2 N–H and O–H groups in total. The highest BCUT2D eigenvalue weighted by atomic mass is 16.2. The highest BCUT2D eigenvalue weighted by molar-refractivity contribution is 5.89. The molecular weight excluding hydrogens is 238 g/mol. The van der Waals surface area contributed by atoms with Crippen molar-refractivity contribution in [2.75, 3.05) is 25.0 Å². The molecule has 0 spiro atoms. The lowest BCUT2D eigenvalue weighted by Crippen LogP contribution is -2.46. The van der Waals surface area contributed by atoms with Gasteiger partial charge in [0.05, 0.1) is 0 Å². The van der Waals surface area contributed by atoms with E-state index in [9.17, 15) is 4.79 Å². The van der Waals surface area contributed by atoms with Gasteiger partial charge in [-0.25, -0.2) is 4.79 Å². The summed E-state index contributed by atoms with van der Waals surface area (Å²) < 4.78 is 0. The highest BCUT2D eigenvalue weighted by Gasteiger charge is 2.19. The summed E-state index contributed by atoms with van der Waals surface area (Å²) in [4.78, 5) is 14.3. The van der Waals surface area contributed by atoms with E-state index in [2.05, 4.69) is 22.5 Å². The van der Waals surface area contributed by atoms with Gasteiger partial charge in [-0.2, -0.15) is 0 Å². The van der Waals surface area contributed by atoms with Gasteiger partial charge >= 0.3 is 6.03 Å². The minimum absolute atomic E-state index is 0.0971. The summed E-state index contributed by atoms with van der Waals surface area (Å²) in [6, 6.07) is 9.76. The van der Waals surface area contributed by atoms with Crippen LogP contribution in [-0.4, -0.2) is 36.6 Å². The maximum Gasteiger partial charge on any atom is 0.319 e. The summed E-state index contributed by atoms with van der Waals surface area (Å²) in [6.45, 7) is 5.55. The quantitative estimate of drug-likeness (QED) is 0.875. The van der Waals surface area contributed by atoms with Crippen molar-refractivity contribution in [2.24, 2.45) is 0 Å². The fraction of sp³-hybridized carbons (Fsp3) is 0.533. The van der Waals surface area contributed by atoms with Gasteiger partial charge in [0, 0.05) is 24.8 Å². The topological polar surface area (TPSA) is 44.4 Å². The Hall–Kier alpha value is -1.55. The molecule has 1 fully saturated rings. The molecule has 104 valence electrons. The Balaban J connectivity index is 1.72. The van der Waals surface area contributed by atoms with Crippen LogP contribution in [0.15, 0.2) is 30.3 Å². The summed E-state index contributed by atoms with van der Waals surface area (Å²) in [6.07, 6.45) is 3.29. The molecule has 1 aromatic rings.